The van der Waals surface area contributed by atoms with Gasteiger partial charge < -0.3 is 4.74 Å². The molecular formula is C11H14F9NO. The summed E-state index contributed by atoms with van der Waals surface area (Å²) in [6.45, 7) is -4.00. The normalized spacial score (nSPS) is 21.1. The summed E-state index contributed by atoms with van der Waals surface area (Å²) in [5.41, 5.74) is 0. The Labute approximate surface area is 120 Å². The molecule has 0 saturated carbocycles. The van der Waals surface area contributed by atoms with E-state index < -0.39 is 43.7 Å². The topological polar surface area (TPSA) is 12.5 Å². The van der Waals surface area contributed by atoms with Crippen LogP contribution in [0.1, 0.15) is 12.8 Å². The minimum Gasteiger partial charge on any atom is -0.369 e. The first kappa shape index (κ1) is 19.3. The lowest BCUT2D eigenvalue weighted by molar-refractivity contribution is -0.261. The second-order valence-electron chi connectivity index (χ2n) is 5.00. The van der Waals surface area contributed by atoms with Gasteiger partial charge in [-0.3, -0.25) is 4.90 Å². The number of nitrogens with zero attached hydrogens (tertiary/aromatic N) is 1. The van der Waals surface area contributed by atoms with Gasteiger partial charge in [0.1, 0.15) is 13.2 Å². The molecule has 1 saturated heterocycles. The SMILES string of the molecule is FC(C(F)(F)F)C(F)(F)COCC(F)(F)[C@@H](F)N1CCCC1. The van der Waals surface area contributed by atoms with Gasteiger partial charge in [-0.2, -0.15) is 22.0 Å². The van der Waals surface area contributed by atoms with Crippen molar-refractivity contribution in [3.63, 3.8) is 0 Å². The third kappa shape index (κ3) is 4.90. The van der Waals surface area contributed by atoms with Crippen molar-refractivity contribution >= 4 is 0 Å². The van der Waals surface area contributed by atoms with Gasteiger partial charge in [0.25, 0.3) is 6.17 Å². The zero-order valence-electron chi connectivity index (χ0n) is 11.2. The third-order valence-electron chi connectivity index (χ3n) is 3.06. The molecule has 1 aliphatic heterocycles. The molecule has 0 aliphatic carbocycles. The largest absolute Gasteiger partial charge is 0.425 e. The number of rotatable bonds is 7. The molecule has 0 aromatic carbocycles. The average Bonchev–Trinajstić information content (AvgIpc) is 2.88. The van der Waals surface area contributed by atoms with E-state index in [4.69, 9.17) is 0 Å². The van der Waals surface area contributed by atoms with Gasteiger partial charge >= 0.3 is 18.0 Å². The zero-order chi connectivity index (χ0) is 17.2. The van der Waals surface area contributed by atoms with Crippen LogP contribution in [0.2, 0.25) is 0 Å². The second-order valence-corrected chi connectivity index (χ2v) is 5.00. The molecule has 2 nitrogen and oxygen atoms in total. The predicted octanol–water partition coefficient (Wildman–Crippen LogP) is 3.57. The Balaban J connectivity index is 2.50. The highest BCUT2D eigenvalue weighted by molar-refractivity contribution is 4.84. The van der Waals surface area contributed by atoms with E-state index in [1.807, 2.05) is 0 Å². The summed E-state index contributed by atoms with van der Waals surface area (Å²) in [4.78, 5) is 0.773. The van der Waals surface area contributed by atoms with E-state index in [9.17, 15) is 39.5 Å². The summed E-state index contributed by atoms with van der Waals surface area (Å²) in [7, 11) is 0. The molecule has 1 aliphatic rings. The highest BCUT2D eigenvalue weighted by atomic mass is 19.4. The van der Waals surface area contributed by atoms with Gasteiger partial charge in [-0.05, 0) is 12.8 Å². The first-order valence-electron chi connectivity index (χ1n) is 6.30. The minimum atomic E-state index is -5.85. The first-order chi connectivity index (χ1) is 9.88. The Morgan fingerprint density at radius 3 is 1.73 bits per heavy atom. The van der Waals surface area contributed by atoms with Gasteiger partial charge in [-0.1, -0.05) is 0 Å². The standard InChI is InChI=1S/C11H14F9NO/c12-7(11(18,19)20)9(14,15)5-22-6-10(16,17)8(13)21-3-1-2-4-21/h7-8H,1-6H2/t7?,8-/m0/s1. The summed E-state index contributed by atoms with van der Waals surface area (Å²) in [6, 6.07) is 0. The van der Waals surface area contributed by atoms with Gasteiger partial charge in [0.05, 0.1) is 0 Å². The summed E-state index contributed by atoms with van der Waals surface area (Å²) < 4.78 is 118. The molecule has 0 amide bonds. The van der Waals surface area contributed by atoms with Crippen molar-refractivity contribution in [2.45, 2.75) is 43.3 Å². The smallest absolute Gasteiger partial charge is 0.369 e. The molecule has 1 fully saturated rings. The molecule has 0 bridgehead atoms. The summed E-state index contributed by atoms with van der Waals surface area (Å²) in [5.74, 6) is -9.22. The fraction of sp³-hybridized carbons (Fsp3) is 1.00. The van der Waals surface area contributed by atoms with Crippen LogP contribution in [0.25, 0.3) is 0 Å². The van der Waals surface area contributed by atoms with E-state index >= 15 is 0 Å². The molecule has 2 atom stereocenters. The maximum absolute atomic E-state index is 13.5. The number of ether oxygens (including phenoxy) is 1. The van der Waals surface area contributed by atoms with Crippen molar-refractivity contribution < 1.29 is 44.3 Å². The van der Waals surface area contributed by atoms with Crippen LogP contribution in [0.15, 0.2) is 0 Å². The molecule has 0 radical (unpaired) electrons. The van der Waals surface area contributed by atoms with Crippen molar-refractivity contribution in [3.8, 4) is 0 Å². The van der Waals surface area contributed by atoms with Gasteiger partial charge in [0.15, 0.2) is 0 Å². The third-order valence-corrected chi connectivity index (χ3v) is 3.06. The molecule has 11 heteroatoms. The highest BCUT2D eigenvalue weighted by Crippen LogP contribution is 2.35. The van der Waals surface area contributed by atoms with Crippen LogP contribution in [0, 0.1) is 0 Å². The minimum absolute atomic E-state index is 0.0492. The second kappa shape index (κ2) is 6.81. The van der Waals surface area contributed by atoms with E-state index in [-0.39, 0.29) is 13.1 Å². The van der Waals surface area contributed by atoms with Gasteiger partial charge in [-0.15, -0.1) is 0 Å². The fourth-order valence-corrected chi connectivity index (χ4v) is 1.94. The molecule has 0 spiro atoms. The first-order valence-corrected chi connectivity index (χ1v) is 6.30. The number of likely N-dealkylation sites (tertiary alicyclic amines) is 1. The quantitative estimate of drug-likeness (QED) is 0.516. The van der Waals surface area contributed by atoms with Crippen LogP contribution in [0.3, 0.4) is 0 Å². The Morgan fingerprint density at radius 2 is 1.27 bits per heavy atom. The van der Waals surface area contributed by atoms with Crippen LogP contribution in [0.5, 0.6) is 0 Å². The molecule has 1 rings (SSSR count). The lowest BCUT2D eigenvalue weighted by Crippen LogP contribution is -2.48. The molecule has 1 unspecified atom stereocenters. The summed E-state index contributed by atoms with van der Waals surface area (Å²) in [6.07, 6.45) is -12.2. The van der Waals surface area contributed by atoms with Crippen LogP contribution < -0.4 is 0 Å². The summed E-state index contributed by atoms with van der Waals surface area (Å²) in [5, 5.41) is 0. The van der Waals surface area contributed by atoms with Crippen LogP contribution >= 0.6 is 0 Å². The zero-order valence-corrected chi connectivity index (χ0v) is 11.2. The van der Waals surface area contributed by atoms with E-state index in [1.165, 1.54) is 0 Å². The molecule has 0 aromatic rings. The van der Waals surface area contributed by atoms with Gasteiger partial charge in [0.2, 0.25) is 6.30 Å². The molecule has 22 heavy (non-hydrogen) atoms. The van der Waals surface area contributed by atoms with E-state index in [0.29, 0.717) is 12.8 Å². The Morgan fingerprint density at radius 1 is 0.818 bits per heavy atom. The maximum Gasteiger partial charge on any atom is 0.425 e. The molecule has 132 valence electrons. The Hall–Kier alpha value is -0.710. The number of hydrogen-bond acceptors (Lipinski definition) is 2. The predicted molar refractivity (Wildman–Crippen MR) is 57.4 cm³/mol. The Kier molecular flexibility index (Phi) is 5.99. The van der Waals surface area contributed by atoms with Crippen molar-refractivity contribution in [1.29, 1.82) is 0 Å². The average molecular weight is 347 g/mol. The van der Waals surface area contributed by atoms with E-state index in [0.717, 1.165) is 4.90 Å². The number of hydrogen-bond donors (Lipinski definition) is 0. The monoisotopic (exact) mass is 347 g/mol. The van der Waals surface area contributed by atoms with Crippen molar-refractivity contribution in [3.05, 3.63) is 0 Å². The van der Waals surface area contributed by atoms with Crippen molar-refractivity contribution in [1.82, 2.24) is 4.90 Å². The molecule has 0 N–H and O–H groups in total. The van der Waals surface area contributed by atoms with Gasteiger partial charge in [0, 0.05) is 13.1 Å². The molecular weight excluding hydrogens is 333 g/mol. The lowest BCUT2D eigenvalue weighted by atomic mass is 10.2. The number of halogens is 9. The van der Waals surface area contributed by atoms with Crippen LogP contribution in [-0.2, 0) is 4.74 Å². The fourth-order valence-electron chi connectivity index (χ4n) is 1.94. The van der Waals surface area contributed by atoms with Crippen LogP contribution in [-0.4, -0.2) is 61.7 Å². The van der Waals surface area contributed by atoms with E-state index in [2.05, 4.69) is 4.74 Å². The highest BCUT2D eigenvalue weighted by Gasteiger charge is 2.57. The Bertz CT molecular complexity index is 354. The maximum atomic E-state index is 13.5. The number of alkyl halides is 9. The van der Waals surface area contributed by atoms with Crippen LogP contribution in [0.4, 0.5) is 39.5 Å². The molecule has 0 aromatic heterocycles. The van der Waals surface area contributed by atoms with Gasteiger partial charge in [-0.25, -0.2) is 17.6 Å². The van der Waals surface area contributed by atoms with Crippen molar-refractivity contribution in [2.75, 3.05) is 26.3 Å². The lowest BCUT2D eigenvalue weighted by Gasteiger charge is -2.28. The van der Waals surface area contributed by atoms with E-state index in [1.54, 1.807) is 0 Å². The summed E-state index contributed by atoms with van der Waals surface area (Å²) >= 11 is 0. The van der Waals surface area contributed by atoms with Crippen molar-refractivity contribution in [2.24, 2.45) is 0 Å². The molecule has 1 heterocycles.